The molecule has 0 aromatic heterocycles. The van der Waals surface area contributed by atoms with E-state index in [1.807, 2.05) is 0 Å². The Kier molecular flexibility index (Phi) is 5.61. The normalized spacial score (nSPS) is 19.2. The minimum Gasteiger partial charge on any atom is -0.478 e. The zero-order valence-electron chi connectivity index (χ0n) is 13.8. The average Bonchev–Trinajstić information content (AvgIpc) is 2.51. The van der Waals surface area contributed by atoms with Gasteiger partial charge in [0, 0.05) is 32.1 Å². The van der Waals surface area contributed by atoms with Crippen LogP contribution in [0.5, 0.6) is 0 Å². The molecule has 0 aliphatic carbocycles. The molecule has 1 fully saturated rings. The van der Waals surface area contributed by atoms with Gasteiger partial charge in [0.05, 0.1) is 11.8 Å². The Balaban J connectivity index is 1.88. The Hall–Kier alpha value is -1.93. The van der Waals surface area contributed by atoms with Gasteiger partial charge in [0.1, 0.15) is 0 Å². The molecule has 1 amide bonds. The Labute approximate surface area is 141 Å². The largest absolute Gasteiger partial charge is 0.478 e. The molecule has 24 heavy (non-hydrogen) atoms. The van der Waals surface area contributed by atoms with E-state index in [1.165, 1.54) is 22.7 Å². The molecular formula is C16H22N2O5S. The van der Waals surface area contributed by atoms with Crippen LogP contribution in [0.2, 0.25) is 0 Å². The first kappa shape index (κ1) is 18.4. The maximum absolute atomic E-state index is 12.3. The number of aromatic carboxylic acids is 1. The number of hydrogen-bond acceptors (Lipinski definition) is 4. The fourth-order valence-corrected chi connectivity index (χ4v) is 4.02. The van der Waals surface area contributed by atoms with Crippen LogP contribution in [0.4, 0.5) is 0 Å². The average molecular weight is 354 g/mol. The molecule has 1 heterocycles. The van der Waals surface area contributed by atoms with E-state index in [0.29, 0.717) is 32.5 Å². The number of carbonyl (C=O) groups is 2. The Bertz CT molecular complexity index is 714. The van der Waals surface area contributed by atoms with Crippen molar-refractivity contribution in [2.45, 2.75) is 25.8 Å². The minimum absolute atomic E-state index is 0.0164. The highest BCUT2D eigenvalue weighted by Gasteiger charge is 2.31. The first-order valence-corrected chi connectivity index (χ1v) is 9.60. The number of amides is 1. The summed E-state index contributed by atoms with van der Waals surface area (Å²) in [6, 6.07) is 6.24. The van der Waals surface area contributed by atoms with Crippen LogP contribution in [-0.2, 0) is 21.2 Å². The lowest BCUT2D eigenvalue weighted by Gasteiger charge is -2.38. The van der Waals surface area contributed by atoms with Crippen LogP contribution >= 0.6 is 0 Å². The van der Waals surface area contributed by atoms with Gasteiger partial charge in [-0.25, -0.2) is 13.2 Å². The monoisotopic (exact) mass is 354 g/mol. The highest BCUT2D eigenvalue weighted by atomic mass is 32.2. The molecule has 2 rings (SSSR count). The molecule has 0 unspecified atom stereocenters. The Morgan fingerprint density at radius 2 is 1.83 bits per heavy atom. The number of sulfonamides is 1. The lowest BCUT2D eigenvalue weighted by molar-refractivity contribution is -0.133. The van der Waals surface area contributed by atoms with Crippen LogP contribution in [0.1, 0.15) is 29.3 Å². The summed E-state index contributed by atoms with van der Waals surface area (Å²) >= 11 is 0. The van der Waals surface area contributed by atoms with Crippen LogP contribution in [0.15, 0.2) is 24.3 Å². The van der Waals surface area contributed by atoms with Crippen LogP contribution in [0.3, 0.4) is 0 Å². The van der Waals surface area contributed by atoms with Crippen LogP contribution < -0.4 is 0 Å². The van der Waals surface area contributed by atoms with E-state index in [9.17, 15) is 18.0 Å². The quantitative estimate of drug-likeness (QED) is 0.844. The summed E-state index contributed by atoms with van der Waals surface area (Å²) in [6.07, 6.45) is 2.03. The van der Waals surface area contributed by atoms with Gasteiger partial charge < -0.3 is 10.0 Å². The summed E-state index contributed by atoms with van der Waals surface area (Å²) in [5.74, 6) is -0.993. The predicted molar refractivity (Wildman–Crippen MR) is 89.3 cm³/mol. The fraction of sp³-hybridized carbons (Fsp3) is 0.500. The van der Waals surface area contributed by atoms with Gasteiger partial charge in [-0.2, -0.15) is 4.31 Å². The standard InChI is InChI=1S/C16H22N2O5S/c1-12-11-17(9-10-18(12)24(2,22)23)15(19)8-5-13-3-6-14(7-4-13)16(20)21/h3-4,6-7,12H,5,8-11H2,1-2H3,(H,20,21)/t12-/m0/s1. The molecule has 0 saturated carbocycles. The maximum atomic E-state index is 12.3. The lowest BCUT2D eigenvalue weighted by atomic mass is 10.1. The van der Waals surface area contributed by atoms with Crippen molar-refractivity contribution in [2.75, 3.05) is 25.9 Å². The third-order valence-electron chi connectivity index (χ3n) is 4.17. The van der Waals surface area contributed by atoms with Crippen molar-refractivity contribution in [1.29, 1.82) is 0 Å². The van der Waals surface area contributed by atoms with Crippen molar-refractivity contribution in [3.63, 3.8) is 0 Å². The highest BCUT2D eigenvalue weighted by molar-refractivity contribution is 7.88. The summed E-state index contributed by atoms with van der Waals surface area (Å²) in [4.78, 5) is 24.8. The number of carboxylic acids is 1. The van der Waals surface area contributed by atoms with Crippen molar-refractivity contribution < 1.29 is 23.1 Å². The summed E-state index contributed by atoms with van der Waals surface area (Å²) in [5.41, 5.74) is 1.12. The molecular weight excluding hydrogens is 332 g/mol. The molecule has 7 nitrogen and oxygen atoms in total. The molecule has 1 N–H and O–H groups in total. The summed E-state index contributed by atoms with van der Waals surface area (Å²) in [6.45, 7) is 2.90. The number of hydrogen-bond donors (Lipinski definition) is 1. The van der Waals surface area contributed by atoms with E-state index in [4.69, 9.17) is 5.11 Å². The van der Waals surface area contributed by atoms with Gasteiger partial charge in [-0.15, -0.1) is 0 Å². The van der Waals surface area contributed by atoms with Gasteiger partial charge in [-0.3, -0.25) is 4.79 Å². The van der Waals surface area contributed by atoms with E-state index in [1.54, 1.807) is 24.0 Å². The topological polar surface area (TPSA) is 95.0 Å². The molecule has 0 radical (unpaired) electrons. The summed E-state index contributed by atoms with van der Waals surface area (Å²) in [5, 5.41) is 8.86. The number of carbonyl (C=O) groups excluding carboxylic acids is 1. The van der Waals surface area contributed by atoms with Crippen molar-refractivity contribution >= 4 is 21.9 Å². The van der Waals surface area contributed by atoms with Crippen molar-refractivity contribution in [1.82, 2.24) is 9.21 Å². The number of benzene rings is 1. The number of aryl methyl sites for hydroxylation is 1. The number of rotatable bonds is 5. The van der Waals surface area contributed by atoms with Gasteiger partial charge >= 0.3 is 5.97 Å². The van der Waals surface area contributed by atoms with E-state index in [-0.39, 0.29) is 17.5 Å². The second-order valence-corrected chi connectivity index (χ2v) is 8.00. The van der Waals surface area contributed by atoms with E-state index < -0.39 is 16.0 Å². The Morgan fingerprint density at radius 1 is 1.21 bits per heavy atom. The lowest BCUT2D eigenvalue weighted by Crippen LogP contribution is -2.55. The van der Waals surface area contributed by atoms with E-state index >= 15 is 0 Å². The maximum Gasteiger partial charge on any atom is 0.335 e. The molecule has 8 heteroatoms. The zero-order chi connectivity index (χ0) is 17.9. The van der Waals surface area contributed by atoms with Gasteiger partial charge in [-0.05, 0) is 31.0 Å². The third-order valence-corrected chi connectivity index (χ3v) is 5.57. The number of nitrogens with zero attached hydrogens (tertiary/aromatic N) is 2. The number of piperazine rings is 1. The molecule has 1 aromatic rings. The summed E-state index contributed by atoms with van der Waals surface area (Å²) in [7, 11) is -3.24. The van der Waals surface area contributed by atoms with Crippen LogP contribution in [0, 0.1) is 0 Å². The van der Waals surface area contributed by atoms with Gasteiger partial charge in [0.25, 0.3) is 0 Å². The zero-order valence-corrected chi connectivity index (χ0v) is 14.6. The highest BCUT2D eigenvalue weighted by Crippen LogP contribution is 2.15. The van der Waals surface area contributed by atoms with Crippen molar-refractivity contribution in [2.24, 2.45) is 0 Å². The SMILES string of the molecule is C[C@H]1CN(C(=O)CCc2ccc(C(=O)O)cc2)CCN1S(C)(=O)=O. The van der Waals surface area contributed by atoms with E-state index in [0.717, 1.165) is 5.56 Å². The molecule has 1 aromatic carbocycles. The van der Waals surface area contributed by atoms with Crippen LogP contribution in [0.25, 0.3) is 0 Å². The minimum atomic E-state index is -3.24. The molecule has 132 valence electrons. The third kappa shape index (κ3) is 4.55. The predicted octanol–water partition coefficient (Wildman–Crippen LogP) is 0.810. The molecule has 1 aliphatic rings. The number of carboxylic acid groups (broad SMARTS) is 1. The second-order valence-electron chi connectivity index (χ2n) is 6.06. The molecule has 1 atom stereocenters. The van der Waals surface area contributed by atoms with Gasteiger partial charge in [0.15, 0.2) is 0 Å². The fourth-order valence-electron chi connectivity index (χ4n) is 2.88. The van der Waals surface area contributed by atoms with Crippen LogP contribution in [-0.4, -0.2) is 66.5 Å². The molecule has 0 spiro atoms. The van der Waals surface area contributed by atoms with Gasteiger partial charge in [-0.1, -0.05) is 12.1 Å². The van der Waals surface area contributed by atoms with E-state index in [2.05, 4.69) is 0 Å². The van der Waals surface area contributed by atoms with Gasteiger partial charge in [0.2, 0.25) is 15.9 Å². The molecule has 1 saturated heterocycles. The second kappa shape index (κ2) is 7.31. The van der Waals surface area contributed by atoms with Crippen molar-refractivity contribution in [3.05, 3.63) is 35.4 Å². The Morgan fingerprint density at radius 3 is 2.33 bits per heavy atom. The van der Waals surface area contributed by atoms with Crippen molar-refractivity contribution in [3.8, 4) is 0 Å². The first-order chi connectivity index (χ1) is 11.2. The smallest absolute Gasteiger partial charge is 0.335 e. The molecule has 1 aliphatic heterocycles. The summed E-state index contributed by atoms with van der Waals surface area (Å²) < 4.78 is 24.7. The first-order valence-electron chi connectivity index (χ1n) is 7.75. The molecule has 0 bridgehead atoms.